The van der Waals surface area contributed by atoms with E-state index in [1.807, 2.05) is 0 Å². The maximum Gasteiger partial charge on any atom is 0.0232 e. The van der Waals surface area contributed by atoms with Crippen molar-refractivity contribution in [1.82, 2.24) is 9.80 Å². The quantitative estimate of drug-likeness (QED) is 0.680. The first-order valence-corrected chi connectivity index (χ1v) is 5.22. The summed E-state index contributed by atoms with van der Waals surface area (Å²) >= 11 is 0. The van der Waals surface area contributed by atoms with E-state index >= 15 is 0 Å². The fourth-order valence-corrected chi connectivity index (χ4v) is 1.99. The zero-order chi connectivity index (χ0) is 9.84. The van der Waals surface area contributed by atoms with Gasteiger partial charge in [0.2, 0.25) is 0 Å². The SMILES string of the molecule is CC(CN)CN(C)C1CCN(C)C1. The zero-order valence-electron chi connectivity index (χ0n) is 9.16. The average molecular weight is 185 g/mol. The lowest BCUT2D eigenvalue weighted by Crippen LogP contribution is -2.38. The molecule has 2 atom stereocenters. The minimum absolute atomic E-state index is 0.621. The summed E-state index contributed by atoms with van der Waals surface area (Å²) in [6.45, 7) is 6.61. The summed E-state index contributed by atoms with van der Waals surface area (Å²) in [7, 11) is 4.41. The van der Waals surface area contributed by atoms with Crippen molar-refractivity contribution >= 4 is 0 Å². The van der Waals surface area contributed by atoms with E-state index in [1.54, 1.807) is 0 Å². The fourth-order valence-electron chi connectivity index (χ4n) is 1.99. The third kappa shape index (κ3) is 3.25. The minimum atomic E-state index is 0.621. The van der Waals surface area contributed by atoms with Gasteiger partial charge < -0.3 is 15.5 Å². The Morgan fingerprint density at radius 3 is 2.77 bits per heavy atom. The Labute approximate surface area is 81.9 Å². The van der Waals surface area contributed by atoms with Gasteiger partial charge in [-0.2, -0.15) is 0 Å². The lowest BCUT2D eigenvalue weighted by molar-refractivity contribution is 0.214. The molecule has 0 saturated carbocycles. The molecule has 0 aromatic heterocycles. The second-order valence-electron chi connectivity index (χ2n) is 4.49. The molecule has 0 spiro atoms. The highest BCUT2D eigenvalue weighted by Gasteiger charge is 2.23. The molecule has 3 heteroatoms. The second-order valence-corrected chi connectivity index (χ2v) is 4.49. The van der Waals surface area contributed by atoms with E-state index in [4.69, 9.17) is 5.73 Å². The van der Waals surface area contributed by atoms with Gasteiger partial charge in [-0.3, -0.25) is 0 Å². The van der Waals surface area contributed by atoms with Crippen LogP contribution < -0.4 is 5.73 Å². The summed E-state index contributed by atoms with van der Waals surface area (Å²) in [5.74, 6) is 0.621. The number of hydrogen-bond donors (Lipinski definition) is 1. The predicted octanol–water partition coefficient (Wildman–Crippen LogP) is 0.217. The van der Waals surface area contributed by atoms with Crippen molar-refractivity contribution in [1.29, 1.82) is 0 Å². The van der Waals surface area contributed by atoms with Gasteiger partial charge in [0.05, 0.1) is 0 Å². The lowest BCUT2D eigenvalue weighted by Gasteiger charge is -2.26. The summed E-state index contributed by atoms with van der Waals surface area (Å²) in [4.78, 5) is 4.86. The summed E-state index contributed by atoms with van der Waals surface area (Å²) in [6, 6.07) is 0.749. The molecular weight excluding hydrogens is 162 g/mol. The van der Waals surface area contributed by atoms with Gasteiger partial charge in [0, 0.05) is 19.1 Å². The van der Waals surface area contributed by atoms with E-state index in [0.29, 0.717) is 5.92 Å². The number of nitrogens with two attached hydrogens (primary N) is 1. The summed E-state index contributed by atoms with van der Waals surface area (Å²) in [6.07, 6.45) is 1.31. The molecule has 0 aliphatic carbocycles. The van der Waals surface area contributed by atoms with Crippen LogP contribution in [0.5, 0.6) is 0 Å². The van der Waals surface area contributed by atoms with Gasteiger partial charge in [0.15, 0.2) is 0 Å². The molecule has 78 valence electrons. The molecule has 2 N–H and O–H groups in total. The van der Waals surface area contributed by atoms with Crippen LogP contribution in [-0.4, -0.2) is 56.1 Å². The van der Waals surface area contributed by atoms with Crippen LogP contribution in [0.1, 0.15) is 13.3 Å². The monoisotopic (exact) mass is 185 g/mol. The number of hydrogen-bond acceptors (Lipinski definition) is 3. The van der Waals surface area contributed by atoms with Gasteiger partial charge in [0.25, 0.3) is 0 Å². The van der Waals surface area contributed by atoms with E-state index < -0.39 is 0 Å². The maximum atomic E-state index is 5.61. The molecule has 2 unspecified atom stereocenters. The Hall–Kier alpha value is -0.120. The van der Waals surface area contributed by atoms with Crippen LogP contribution >= 0.6 is 0 Å². The molecule has 1 aliphatic rings. The maximum absolute atomic E-state index is 5.61. The average Bonchev–Trinajstić information content (AvgIpc) is 2.51. The first-order valence-electron chi connectivity index (χ1n) is 5.22. The van der Waals surface area contributed by atoms with E-state index in [2.05, 4.69) is 30.8 Å². The van der Waals surface area contributed by atoms with Crippen LogP contribution in [0.25, 0.3) is 0 Å². The number of nitrogens with zero attached hydrogens (tertiary/aromatic N) is 2. The normalized spacial score (nSPS) is 27.0. The Bertz CT molecular complexity index is 149. The standard InChI is InChI=1S/C10H23N3/c1-9(6-11)7-13(3)10-4-5-12(2)8-10/h9-10H,4-8,11H2,1-3H3. The van der Waals surface area contributed by atoms with E-state index in [-0.39, 0.29) is 0 Å². The highest BCUT2D eigenvalue weighted by atomic mass is 15.2. The molecule has 3 nitrogen and oxygen atoms in total. The number of rotatable bonds is 4. The molecule has 0 bridgehead atoms. The Morgan fingerprint density at radius 1 is 1.62 bits per heavy atom. The van der Waals surface area contributed by atoms with Crippen LogP contribution in [0.2, 0.25) is 0 Å². The highest BCUT2D eigenvalue weighted by molar-refractivity contribution is 4.80. The molecule has 1 heterocycles. The molecular formula is C10H23N3. The van der Waals surface area contributed by atoms with Crippen molar-refractivity contribution in [3.8, 4) is 0 Å². The van der Waals surface area contributed by atoms with E-state index in [0.717, 1.165) is 19.1 Å². The molecule has 1 fully saturated rings. The van der Waals surface area contributed by atoms with E-state index in [9.17, 15) is 0 Å². The fraction of sp³-hybridized carbons (Fsp3) is 1.00. The molecule has 0 amide bonds. The Kier molecular flexibility index (Phi) is 4.16. The van der Waals surface area contributed by atoms with Crippen LogP contribution in [0, 0.1) is 5.92 Å². The van der Waals surface area contributed by atoms with Crippen molar-refractivity contribution < 1.29 is 0 Å². The molecule has 0 aromatic carbocycles. The molecule has 1 saturated heterocycles. The minimum Gasteiger partial charge on any atom is -0.330 e. The third-order valence-electron chi connectivity index (χ3n) is 2.99. The van der Waals surface area contributed by atoms with Crippen molar-refractivity contribution in [2.75, 3.05) is 40.3 Å². The van der Waals surface area contributed by atoms with Gasteiger partial charge in [-0.1, -0.05) is 6.92 Å². The van der Waals surface area contributed by atoms with Crippen LogP contribution in [0.15, 0.2) is 0 Å². The third-order valence-corrected chi connectivity index (χ3v) is 2.99. The predicted molar refractivity (Wildman–Crippen MR) is 56.8 cm³/mol. The summed E-state index contributed by atoms with van der Waals surface area (Å²) in [5.41, 5.74) is 5.61. The number of likely N-dealkylation sites (tertiary alicyclic amines) is 1. The largest absolute Gasteiger partial charge is 0.330 e. The van der Waals surface area contributed by atoms with Crippen LogP contribution in [0.3, 0.4) is 0 Å². The second kappa shape index (κ2) is 4.94. The smallest absolute Gasteiger partial charge is 0.0232 e. The van der Waals surface area contributed by atoms with Gasteiger partial charge >= 0.3 is 0 Å². The number of likely N-dealkylation sites (N-methyl/N-ethyl adjacent to an activating group) is 2. The van der Waals surface area contributed by atoms with Crippen LogP contribution in [0.4, 0.5) is 0 Å². The topological polar surface area (TPSA) is 32.5 Å². The molecule has 0 aromatic rings. The summed E-state index contributed by atoms with van der Waals surface area (Å²) in [5, 5.41) is 0. The first kappa shape index (κ1) is 11.0. The molecule has 0 radical (unpaired) electrons. The van der Waals surface area contributed by atoms with Crippen LogP contribution in [-0.2, 0) is 0 Å². The highest BCUT2D eigenvalue weighted by Crippen LogP contribution is 2.13. The van der Waals surface area contributed by atoms with Gasteiger partial charge in [0.1, 0.15) is 0 Å². The molecule has 1 aliphatic heterocycles. The summed E-state index contributed by atoms with van der Waals surface area (Å²) < 4.78 is 0. The van der Waals surface area contributed by atoms with Gasteiger partial charge in [-0.15, -0.1) is 0 Å². The first-order chi connectivity index (χ1) is 6.13. The van der Waals surface area contributed by atoms with E-state index in [1.165, 1.54) is 19.5 Å². The lowest BCUT2D eigenvalue weighted by atomic mass is 10.1. The van der Waals surface area contributed by atoms with Crippen molar-refractivity contribution in [3.63, 3.8) is 0 Å². The van der Waals surface area contributed by atoms with Gasteiger partial charge in [-0.05, 0) is 39.5 Å². The van der Waals surface area contributed by atoms with Gasteiger partial charge in [-0.25, -0.2) is 0 Å². The zero-order valence-corrected chi connectivity index (χ0v) is 9.16. The Morgan fingerprint density at radius 2 is 2.31 bits per heavy atom. The van der Waals surface area contributed by atoms with Crippen molar-refractivity contribution in [2.45, 2.75) is 19.4 Å². The van der Waals surface area contributed by atoms with Crippen molar-refractivity contribution in [3.05, 3.63) is 0 Å². The molecule has 13 heavy (non-hydrogen) atoms. The van der Waals surface area contributed by atoms with Crippen molar-refractivity contribution in [2.24, 2.45) is 11.7 Å². The molecule has 1 rings (SSSR count). The Balaban J connectivity index is 2.27.